The third-order valence-electron chi connectivity index (χ3n) is 5.10. The molecule has 2 N–H and O–H groups in total. The molecular formula is C22H23NO7S2. The first-order chi connectivity index (χ1) is 15.0. The number of methoxy groups -OCH3 is 2. The topological polar surface area (TPSA) is 119 Å². The normalized spacial score (nSPS) is 11.8. The minimum atomic E-state index is -4.14. The molecule has 0 spiro atoms. The molecule has 0 amide bonds. The quantitative estimate of drug-likeness (QED) is 0.499. The molecule has 0 saturated heterocycles. The van der Waals surface area contributed by atoms with E-state index in [4.69, 9.17) is 9.47 Å². The van der Waals surface area contributed by atoms with E-state index < -0.39 is 30.5 Å². The van der Waals surface area contributed by atoms with Gasteiger partial charge in [0.25, 0.3) is 10.0 Å². The highest BCUT2D eigenvalue weighted by Gasteiger charge is 2.26. The van der Waals surface area contributed by atoms with E-state index >= 15 is 0 Å². The molecule has 0 aliphatic carbocycles. The van der Waals surface area contributed by atoms with Crippen LogP contribution in [0.1, 0.15) is 11.1 Å². The Balaban J connectivity index is 2.08. The number of sulfone groups is 1. The predicted molar refractivity (Wildman–Crippen MR) is 120 cm³/mol. The number of aromatic hydroxyl groups is 1. The van der Waals surface area contributed by atoms with Crippen molar-refractivity contribution in [2.75, 3.05) is 18.9 Å². The highest BCUT2D eigenvalue weighted by Crippen LogP contribution is 2.38. The number of phenolic OH excluding ortho intramolecular Hbond substituents is 1. The molecule has 0 radical (unpaired) electrons. The van der Waals surface area contributed by atoms with E-state index in [0.29, 0.717) is 17.1 Å². The smallest absolute Gasteiger partial charge is 0.261 e. The van der Waals surface area contributed by atoms with Gasteiger partial charge >= 0.3 is 0 Å². The van der Waals surface area contributed by atoms with Crippen LogP contribution in [0, 0.1) is 13.8 Å². The number of ether oxygens (including phenoxy) is 2. The lowest BCUT2D eigenvalue weighted by Gasteiger charge is -2.17. The largest absolute Gasteiger partial charge is 0.506 e. The van der Waals surface area contributed by atoms with E-state index in [2.05, 4.69) is 4.72 Å². The summed E-state index contributed by atoms with van der Waals surface area (Å²) in [5.74, 6) is 0.528. The highest BCUT2D eigenvalue weighted by molar-refractivity contribution is 7.93. The Morgan fingerprint density at radius 3 is 1.69 bits per heavy atom. The van der Waals surface area contributed by atoms with Crippen LogP contribution in [0.4, 0.5) is 5.69 Å². The molecule has 0 bridgehead atoms. The van der Waals surface area contributed by atoms with E-state index in [9.17, 15) is 21.9 Å². The van der Waals surface area contributed by atoms with E-state index in [1.54, 1.807) is 6.92 Å². The third kappa shape index (κ3) is 4.37. The Labute approximate surface area is 187 Å². The molecule has 0 unspecified atom stereocenters. The van der Waals surface area contributed by atoms with Crippen LogP contribution in [0.3, 0.4) is 0 Å². The molecule has 0 aromatic heterocycles. The van der Waals surface area contributed by atoms with Gasteiger partial charge in [-0.1, -0.05) is 0 Å². The molecule has 32 heavy (non-hydrogen) atoms. The minimum Gasteiger partial charge on any atom is -0.506 e. The van der Waals surface area contributed by atoms with Crippen molar-refractivity contribution in [2.45, 2.75) is 28.5 Å². The highest BCUT2D eigenvalue weighted by atomic mass is 32.2. The van der Waals surface area contributed by atoms with E-state index in [1.807, 2.05) is 0 Å². The predicted octanol–water partition coefficient (Wildman–Crippen LogP) is 3.66. The van der Waals surface area contributed by atoms with Gasteiger partial charge in [-0.2, -0.15) is 0 Å². The van der Waals surface area contributed by atoms with E-state index in [1.165, 1.54) is 69.7 Å². The van der Waals surface area contributed by atoms with Crippen LogP contribution in [0.15, 0.2) is 69.3 Å². The van der Waals surface area contributed by atoms with Crippen molar-refractivity contribution in [1.82, 2.24) is 0 Å². The van der Waals surface area contributed by atoms with Gasteiger partial charge < -0.3 is 14.6 Å². The fourth-order valence-electron chi connectivity index (χ4n) is 3.02. The van der Waals surface area contributed by atoms with Crippen LogP contribution in [-0.4, -0.2) is 36.2 Å². The summed E-state index contributed by atoms with van der Waals surface area (Å²) in [6.45, 7) is 3.10. The summed E-state index contributed by atoms with van der Waals surface area (Å²) < 4.78 is 64.6. The first kappa shape index (κ1) is 23.4. The van der Waals surface area contributed by atoms with Gasteiger partial charge in [-0.15, -0.1) is 0 Å². The molecular weight excluding hydrogens is 454 g/mol. The fourth-order valence-corrected chi connectivity index (χ4v) is 5.57. The van der Waals surface area contributed by atoms with Gasteiger partial charge in [-0.25, -0.2) is 16.8 Å². The lowest BCUT2D eigenvalue weighted by Crippen LogP contribution is -2.15. The van der Waals surface area contributed by atoms with Crippen LogP contribution in [-0.2, 0) is 19.9 Å². The summed E-state index contributed by atoms with van der Waals surface area (Å²) in [7, 11) is -5.24. The van der Waals surface area contributed by atoms with Gasteiger partial charge in [-0.05, 0) is 79.6 Å². The first-order valence-corrected chi connectivity index (χ1v) is 12.4. The van der Waals surface area contributed by atoms with Crippen LogP contribution in [0.5, 0.6) is 17.2 Å². The van der Waals surface area contributed by atoms with Crippen molar-refractivity contribution < 1.29 is 31.4 Å². The average Bonchev–Trinajstić information content (AvgIpc) is 2.79. The Hall–Kier alpha value is -3.24. The van der Waals surface area contributed by atoms with Crippen molar-refractivity contribution in [3.05, 3.63) is 65.7 Å². The SMILES string of the molecule is COc1ccc(S(=O)(=O)Nc2cc(S(=O)(=O)c3ccc(OC)cc3)c(O)c(C)c2C)cc1. The number of nitrogens with one attached hydrogen (secondary N) is 1. The number of benzene rings is 3. The molecule has 8 nitrogen and oxygen atoms in total. The number of hydrogen-bond acceptors (Lipinski definition) is 7. The number of hydrogen-bond donors (Lipinski definition) is 2. The maximum absolute atomic E-state index is 13.2. The zero-order valence-electron chi connectivity index (χ0n) is 17.9. The molecule has 0 fully saturated rings. The van der Waals surface area contributed by atoms with Crippen LogP contribution >= 0.6 is 0 Å². The lowest BCUT2D eigenvalue weighted by molar-refractivity contribution is 0.414. The zero-order valence-corrected chi connectivity index (χ0v) is 19.5. The minimum absolute atomic E-state index is 0.0250. The van der Waals surface area contributed by atoms with Gasteiger partial charge in [0.1, 0.15) is 22.1 Å². The van der Waals surface area contributed by atoms with Crippen molar-refractivity contribution in [1.29, 1.82) is 0 Å². The van der Waals surface area contributed by atoms with E-state index in [0.717, 1.165) is 6.07 Å². The molecule has 10 heteroatoms. The van der Waals surface area contributed by atoms with Gasteiger partial charge in [0, 0.05) is 0 Å². The molecule has 0 heterocycles. The van der Waals surface area contributed by atoms with Crippen molar-refractivity contribution in [3.63, 3.8) is 0 Å². The fraction of sp³-hybridized carbons (Fsp3) is 0.182. The molecule has 0 aliphatic rings. The number of anilines is 1. The Kier molecular flexibility index (Phi) is 6.38. The zero-order chi connectivity index (χ0) is 23.7. The van der Waals surface area contributed by atoms with Crippen molar-refractivity contribution >= 4 is 25.5 Å². The van der Waals surface area contributed by atoms with Crippen LogP contribution in [0.2, 0.25) is 0 Å². The summed E-state index contributed by atoms with van der Waals surface area (Å²) in [4.78, 5) is -0.498. The molecule has 3 aromatic carbocycles. The molecule has 0 saturated carbocycles. The molecule has 170 valence electrons. The average molecular weight is 478 g/mol. The van der Waals surface area contributed by atoms with Crippen LogP contribution < -0.4 is 14.2 Å². The Morgan fingerprint density at radius 2 is 1.22 bits per heavy atom. The second kappa shape index (κ2) is 8.71. The summed E-state index contributed by atoms with van der Waals surface area (Å²) in [5.41, 5.74) is 0.684. The summed E-state index contributed by atoms with van der Waals surface area (Å²) in [5, 5.41) is 10.6. The molecule has 0 atom stereocenters. The van der Waals surface area contributed by atoms with Gasteiger partial charge in [0.15, 0.2) is 0 Å². The Bertz CT molecular complexity index is 1350. The maximum atomic E-state index is 13.2. The lowest BCUT2D eigenvalue weighted by atomic mass is 10.1. The van der Waals surface area contributed by atoms with Crippen molar-refractivity contribution in [3.8, 4) is 17.2 Å². The molecule has 0 aliphatic heterocycles. The summed E-state index contributed by atoms with van der Waals surface area (Å²) in [6, 6.07) is 12.5. The van der Waals surface area contributed by atoms with Gasteiger partial charge in [0.2, 0.25) is 9.84 Å². The number of sulfonamides is 1. The second-order valence-electron chi connectivity index (χ2n) is 6.98. The second-order valence-corrected chi connectivity index (χ2v) is 10.6. The third-order valence-corrected chi connectivity index (χ3v) is 8.27. The summed E-state index contributed by atoms with van der Waals surface area (Å²) >= 11 is 0. The van der Waals surface area contributed by atoms with E-state index in [-0.39, 0.29) is 21.0 Å². The molecule has 3 aromatic rings. The number of rotatable bonds is 7. The number of phenols is 1. The maximum Gasteiger partial charge on any atom is 0.261 e. The Morgan fingerprint density at radius 1 is 0.750 bits per heavy atom. The standard InChI is InChI=1S/C22H23NO7S2/c1-14-15(2)22(24)21(31(25,26)18-9-5-16(29-3)6-10-18)13-20(14)23-32(27,28)19-11-7-17(30-4)8-12-19/h5-13,23-24H,1-4H3. The first-order valence-electron chi connectivity index (χ1n) is 9.40. The van der Waals surface area contributed by atoms with Crippen LogP contribution in [0.25, 0.3) is 0 Å². The monoisotopic (exact) mass is 477 g/mol. The van der Waals surface area contributed by atoms with Crippen molar-refractivity contribution in [2.24, 2.45) is 0 Å². The van der Waals surface area contributed by atoms with Gasteiger partial charge in [0.05, 0.1) is 29.7 Å². The summed E-state index contributed by atoms with van der Waals surface area (Å²) in [6.07, 6.45) is 0. The van der Waals surface area contributed by atoms with Gasteiger partial charge in [-0.3, -0.25) is 4.72 Å². The molecule has 3 rings (SSSR count).